The van der Waals surface area contributed by atoms with Crippen molar-refractivity contribution in [3.8, 4) is 11.3 Å². The minimum atomic E-state index is -0.410. The molecule has 0 saturated carbocycles. The van der Waals surface area contributed by atoms with E-state index in [1.165, 1.54) is 6.07 Å². The lowest BCUT2D eigenvalue weighted by Gasteiger charge is -1.99. The van der Waals surface area contributed by atoms with Gasteiger partial charge in [0.05, 0.1) is 10.6 Å². The zero-order chi connectivity index (χ0) is 11.7. The van der Waals surface area contributed by atoms with Crippen LogP contribution in [0.15, 0.2) is 24.3 Å². The van der Waals surface area contributed by atoms with E-state index >= 15 is 0 Å². The molecule has 5 nitrogen and oxygen atoms in total. The normalized spacial score (nSPS) is 10.4. The van der Waals surface area contributed by atoms with Crippen LogP contribution in [0, 0.1) is 17.0 Å². The average Bonchev–Trinajstić information content (AvgIpc) is 2.65. The Morgan fingerprint density at radius 3 is 2.75 bits per heavy atom. The monoisotopic (exact) mass is 237 g/mol. The summed E-state index contributed by atoms with van der Waals surface area (Å²) in [5, 5.41) is 17.7. The molecule has 0 unspecified atom stereocenters. The Hall–Kier alpha value is -1.88. The van der Waals surface area contributed by atoms with Gasteiger partial charge >= 0.3 is 0 Å². The van der Waals surface area contributed by atoms with Crippen LogP contribution in [0.1, 0.15) is 5.56 Å². The Labute approximate surface area is 96.2 Å². The van der Waals surface area contributed by atoms with Crippen molar-refractivity contribution in [1.29, 1.82) is 0 Å². The summed E-state index contributed by atoms with van der Waals surface area (Å²) in [7, 11) is 0. The molecule has 1 heterocycles. The Bertz CT molecular complexity index is 551. The highest BCUT2D eigenvalue weighted by molar-refractivity contribution is 6.29. The highest BCUT2D eigenvalue weighted by Crippen LogP contribution is 2.26. The summed E-state index contributed by atoms with van der Waals surface area (Å²) in [6, 6.07) is 6.57. The van der Waals surface area contributed by atoms with Crippen LogP contribution in [-0.2, 0) is 0 Å². The predicted molar refractivity (Wildman–Crippen MR) is 60.4 cm³/mol. The average molecular weight is 238 g/mol. The lowest BCUT2D eigenvalue weighted by Crippen LogP contribution is -1.92. The van der Waals surface area contributed by atoms with Gasteiger partial charge in [-0.05, 0) is 6.92 Å². The zero-order valence-corrected chi connectivity index (χ0v) is 9.15. The summed E-state index contributed by atoms with van der Waals surface area (Å²) < 4.78 is 0. The van der Waals surface area contributed by atoms with Gasteiger partial charge in [0.15, 0.2) is 0 Å². The van der Waals surface area contributed by atoms with Crippen molar-refractivity contribution in [2.24, 2.45) is 0 Å². The van der Waals surface area contributed by atoms with Gasteiger partial charge in [0, 0.05) is 23.3 Å². The number of aromatic nitrogens is 2. The largest absolute Gasteiger partial charge is 0.272 e. The van der Waals surface area contributed by atoms with Gasteiger partial charge in [-0.3, -0.25) is 15.2 Å². The molecule has 0 aliphatic carbocycles. The van der Waals surface area contributed by atoms with E-state index < -0.39 is 4.92 Å². The van der Waals surface area contributed by atoms with Crippen LogP contribution in [0.2, 0.25) is 5.15 Å². The van der Waals surface area contributed by atoms with Crippen molar-refractivity contribution in [2.45, 2.75) is 6.92 Å². The van der Waals surface area contributed by atoms with Crippen LogP contribution in [-0.4, -0.2) is 15.1 Å². The standard InChI is InChI=1S/C10H8ClN3O2/c1-6-2-3-7(4-9(6)14(15)16)8-5-10(11)13-12-8/h2-5H,1H3,(H,12,13). The van der Waals surface area contributed by atoms with Gasteiger partial charge in [-0.15, -0.1) is 0 Å². The highest BCUT2D eigenvalue weighted by Gasteiger charge is 2.13. The first kappa shape index (κ1) is 10.6. The maximum atomic E-state index is 10.8. The molecule has 6 heteroatoms. The van der Waals surface area contributed by atoms with Gasteiger partial charge in [-0.25, -0.2) is 0 Å². The molecular formula is C10H8ClN3O2. The van der Waals surface area contributed by atoms with E-state index in [4.69, 9.17) is 11.6 Å². The second kappa shape index (κ2) is 3.94. The minimum Gasteiger partial charge on any atom is -0.267 e. The number of H-pyrrole nitrogens is 1. The van der Waals surface area contributed by atoms with E-state index in [1.807, 2.05) is 0 Å². The van der Waals surface area contributed by atoms with Crippen molar-refractivity contribution in [1.82, 2.24) is 10.2 Å². The number of halogens is 1. The first-order valence-corrected chi connectivity index (χ1v) is 4.92. The predicted octanol–water partition coefficient (Wildman–Crippen LogP) is 2.95. The molecule has 2 rings (SSSR count). The second-order valence-electron chi connectivity index (χ2n) is 3.36. The lowest BCUT2D eigenvalue weighted by atomic mass is 10.1. The van der Waals surface area contributed by atoms with Gasteiger partial charge in [0.25, 0.3) is 5.69 Å². The lowest BCUT2D eigenvalue weighted by molar-refractivity contribution is -0.385. The Morgan fingerprint density at radius 2 is 2.19 bits per heavy atom. The van der Waals surface area contributed by atoms with E-state index in [0.29, 0.717) is 22.0 Å². The third-order valence-corrected chi connectivity index (χ3v) is 2.44. The molecule has 1 aromatic carbocycles. The highest BCUT2D eigenvalue weighted by atomic mass is 35.5. The molecule has 0 fully saturated rings. The van der Waals surface area contributed by atoms with Crippen LogP contribution in [0.25, 0.3) is 11.3 Å². The van der Waals surface area contributed by atoms with Crippen molar-refractivity contribution in [3.63, 3.8) is 0 Å². The molecule has 2 aromatic rings. The molecule has 16 heavy (non-hydrogen) atoms. The summed E-state index contributed by atoms with van der Waals surface area (Å²) in [6.07, 6.45) is 0. The van der Waals surface area contributed by atoms with E-state index in [1.54, 1.807) is 25.1 Å². The number of nitro benzene ring substituents is 1. The molecule has 82 valence electrons. The molecule has 0 saturated heterocycles. The Balaban J connectivity index is 2.51. The molecule has 0 amide bonds. The molecule has 0 bridgehead atoms. The molecule has 0 aliphatic heterocycles. The van der Waals surface area contributed by atoms with Crippen molar-refractivity contribution in [2.75, 3.05) is 0 Å². The zero-order valence-electron chi connectivity index (χ0n) is 8.40. The van der Waals surface area contributed by atoms with E-state index in [9.17, 15) is 10.1 Å². The number of nitrogens with one attached hydrogen (secondary N) is 1. The summed E-state index contributed by atoms with van der Waals surface area (Å²) in [5.74, 6) is 0. The minimum absolute atomic E-state index is 0.0802. The SMILES string of the molecule is Cc1ccc(-c2cc(Cl)[nH]n2)cc1[N+](=O)[O-]. The number of nitro groups is 1. The van der Waals surface area contributed by atoms with Crippen molar-refractivity contribution in [3.05, 3.63) is 45.1 Å². The fraction of sp³-hybridized carbons (Fsp3) is 0.100. The summed E-state index contributed by atoms with van der Waals surface area (Å²) in [4.78, 5) is 10.4. The number of aryl methyl sites for hydroxylation is 1. The van der Waals surface area contributed by atoms with Crippen molar-refractivity contribution < 1.29 is 4.92 Å². The fourth-order valence-corrected chi connectivity index (χ4v) is 1.56. The Kier molecular flexibility index (Phi) is 2.62. The fourth-order valence-electron chi connectivity index (χ4n) is 1.41. The molecule has 0 radical (unpaired) electrons. The summed E-state index contributed by atoms with van der Waals surface area (Å²) in [5.41, 5.74) is 1.96. The maximum Gasteiger partial charge on any atom is 0.272 e. The molecule has 0 aliphatic rings. The smallest absolute Gasteiger partial charge is 0.267 e. The van der Waals surface area contributed by atoms with E-state index in [-0.39, 0.29) is 5.69 Å². The number of nitrogens with zero attached hydrogens (tertiary/aromatic N) is 2. The van der Waals surface area contributed by atoms with Crippen LogP contribution in [0.5, 0.6) is 0 Å². The number of benzene rings is 1. The van der Waals surface area contributed by atoms with E-state index in [0.717, 1.165) is 0 Å². The molecule has 1 N–H and O–H groups in total. The molecular weight excluding hydrogens is 230 g/mol. The third kappa shape index (κ3) is 1.90. The number of hydrogen-bond donors (Lipinski definition) is 1. The molecule has 0 spiro atoms. The summed E-state index contributed by atoms with van der Waals surface area (Å²) >= 11 is 5.69. The maximum absolute atomic E-state index is 10.8. The van der Waals surface area contributed by atoms with Crippen LogP contribution in [0.3, 0.4) is 0 Å². The van der Waals surface area contributed by atoms with Gasteiger partial charge in [-0.1, -0.05) is 23.7 Å². The first-order chi connectivity index (χ1) is 7.58. The van der Waals surface area contributed by atoms with Crippen molar-refractivity contribution >= 4 is 17.3 Å². The number of aromatic amines is 1. The topological polar surface area (TPSA) is 71.8 Å². The second-order valence-corrected chi connectivity index (χ2v) is 3.77. The quantitative estimate of drug-likeness (QED) is 0.645. The molecule has 0 atom stereocenters. The number of rotatable bonds is 2. The summed E-state index contributed by atoms with van der Waals surface area (Å²) in [6.45, 7) is 1.69. The van der Waals surface area contributed by atoms with Crippen LogP contribution < -0.4 is 0 Å². The van der Waals surface area contributed by atoms with Gasteiger partial charge in [0.1, 0.15) is 5.15 Å². The first-order valence-electron chi connectivity index (χ1n) is 4.54. The van der Waals surface area contributed by atoms with E-state index in [2.05, 4.69) is 10.2 Å². The molecule has 1 aromatic heterocycles. The Morgan fingerprint density at radius 1 is 1.44 bits per heavy atom. The van der Waals surface area contributed by atoms with Crippen LogP contribution in [0.4, 0.5) is 5.69 Å². The third-order valence-electron chi connectivity index (χ3n) is 2.25. The van der Waals surface area contributed by atoms with Gasteiger partial charge in [0.2, 0.25) is 0 Å². The van der Waals surface area contributed by atoms with Crippen LogP contribution >= 0.6 is 11.6 Å². The number of hydrogen-bond acceptors (Lipinski definition) is 3. The van der Waals surface area contributed by atoms with Gasteiger partial charge in [-0.2, -0.15) is 5.10 Å². The van der Waals surface area contributed by atoms with Gasteiger partial charge < -0.3 is 0 Å².